The molecule has 0 fully saturated rings. The van der Waals surface area contributed by atoms with Crippen molar-refractivity contribution in [1.29, 1.82) is 0 Å². The zero-order chi connectivity index (χ0) is 21.7. The van der Waals surface area contributed by atoms with Crippen LogP contribution in [0, 0.1) is 13.8 Å². The molecule has 3 rings (SSSR count). The molecule has 0 amide bonds. The summed E-state index contributed by atoms with van der Waals surface area (Å²) in [6.07, 6.45) is 4.93. The molecule has 30 heavy (non-hydrogen) atoms. The molecule has 1 heterocycles. The van der Waals surface area contributed by atoms with Crippen LogP contribution >= 0.6 is 0 Å². The lowest BCUT2D eigenvalue weighted by atomic mass is 10.1. The van der Waals surface area contributed by atoms with E-state index in [1.807, 2.05) is 79.2 Å². The number of ketones is 1. The average molecular weight is 403 g/mol. The maximum atomic E-state index is 12.9. The van der Waals surface area contributed by atoms with Gasteiger partial charge in [-0.1, -0.05) is 54.1 Å². The van der Waals surface area contributed by atoms with Crippen molar-refractivity contribution in [2.45, 2.75) is 33.4 Å². The minimum absolute atomic E-state index is 0.00504. The van der Waals surface area contributed by atoms with Crippen LogP contribution in [0.2, 0.25) is 0 Å². The number of ether oxygens (including phenoxy) is 1. The van der Waals surface area contributed by atoms with Gasteiger partial charge in [0.2, 0.25) is 5.78 Å². The van der Waals surface area contributed by atoms with E-state index in [0.717, 1.165) is 16.7 Å². The van der Waals surface area contributed by atoms with Crippen molar-refractivity contribution in [3.63, 3.8) is 0 Å². The van der Waals surface area contributed by atoms with E-state index < -0.39 is 12.1 Å². The molecule has 0 spiro atoms. The second-order valence-electron chi connectivity index (χ2n) is 7.32. The predicted molar refractivity (Wildman–Crippen MR) is 117 cm³/mol. The van der Waals surface area contributed by atoms with Crippen LogP contribution in [0.5, 0.6) is 5.75 Å². The summed E-state index contributed by atoms with van der Waals surface area (Å²) in [6, 6.07) is 16.7. The highest BCUT2D eigenvalue weighted by atomic mass is 16.5. The van der Waals surface area contributed by atoms with E-state index in [1.54, 1.807) is 12.1 Å². The third-order valence-corrected chi connectivity index (χ3v) is 4.71. The number of rotatable bonds is 8. The first kappa shape index (κ1) is 21.1. The second kappa shape index (κ2) is 9.27. The molecular weight excluding hydrogens is 378 g/mol. The molecular formula is C25H25NO4. The lowest BCUT2D eigenvalue weighted by Crippen LogP contribution is -2.22. The number of aliphatic carboxylic acids is 1. The van der Waals surface area contributed by atoms with Crippen molar-refractivity contribution in [2.24, 2.45) is 0 Å². The molecule has 0 bridgehead atoms. The summed E-state index contributed by atoms with van der Waals surface area (Å²) in [4.78, 5) is 23.9. The van der Waals surface area contributed by atoms with Gasteiger partial charge in [-0.25, -0.2) is 4.79 Å². The van der Waals surface area contributed by atoms with Crippen LogP contribution in [0.3, 0.4) is 0 Å². The SMILES string of the molecule is Cc1ccc(C(=O)c2cc(C)cn2CC=Cc2cccc(O[C@@H](C)C(=O)O)c2)cc1. The van der Waals surface area contributed by atoms with Crippen LogP contribution in [0.25, 0.3) is 6.08 Å². The Balaban J connectivity index is 1.73. The van der Waals surface area contributed by atoms with E-state index in [0.29, 0.717) is 23.6 Å². The largest absolute Gasteiger partial charge is 0.479 e. The van der Waals surface area contributed by atoms with Gasteiger partial charge in [0.05, 0.1) is 5.69 Å². The van der Waals surface area contributed by atoms with Gasteiger partial charge < -0.3 is 14.4 Å². The first-order chi connectivity index (χ1) is 14.3. The number of allylic oxidation sites excluding steroid dienone is 1. The molecule has 5 nitrogen and oxygen atoms in total. The Bertz CT molecular complexity index is 1080. The summed E-state index contributed by atoms with van der Waals surface area (Å²) in [6.45, 7) is 5.99. The Morgan fingerprint density at radius 2 is 1.80 bits per heavy atom. The number of hydrogen-bond acceptors (Lipinski definition) is 3. The number of carbonyl (C=O) groups is 2. The monoisotopic (exact) mass is 403 g/mol. The van der Waals surface area contributed by atoms with Crippen LogP contribution in [-0.4, -0.2) is 27.5 Å². The van der Waals surface area contributed by atoms with Crippen LogP contribution in [0.1, 0.15) is 39.7 Å². The summed E-state index contributed by atoms with van der Waals surface area (Å²) < 4.78 is 7.34. The summed E-state index contributed by atoms with van der Waals surface area (Å²) in [5.41, 5.74) is 4.34. The highest BCUT2D eigenvalue weighted by Crippen LogP contribution is 2.18. The molecule has 0 unspecified atom stereocenters. The zero-order valence-corrected chi connectivity index (χ0v) is 17.3. The molecule has 1 N–H and O–H groups in total. The highest BCUT2D eigenvalue weighted by molar-refractivity contribution is 6.08. The number of nitrogens with zero attached hydrogens (tertiary/aromatic N) is 1. The van der Waals surface area contributed by atoms with E-state index in [2.05, 4.69) is 0 Å². The van der Waals surface area contributed by atoms with E-state index in [4.69, 9.17) is 9.84 Å². The minimum Gasteiger partial charge on any atom is -0.479 e. The maximum Gasteiger partial charge on any atom is 0.344 e. The van der Waals surface area contributed by atoms with E-state index >= 15 is 0 Å². The minimum atomic E-state index is -1.01. The third-order valence-electron chi connectivity index (χ3n) is 4.71. The molecule has 5 heteroatoms. The summed E-state index contributed by atoms with van der Waals surface area (Å²) >= 11 is 0. The van der Waals surface area contributed by atoms with Crippen LogP contribution in [-0.2, 0) is 11.3 Å². The summed E-state index contributed by atoms with van der Waals surface area (Å²) in [7, 11) is 0. The second-order valence-corrected chi connectivity index (χ2v) is 7.32. The average Bonchev–Trinajstić information content (AvgIpc) is 3.08. The fraction of sp³-hybridized carbons (Fsp3) is 0.200. The zero-order valence-electron chi connectivity index (χ0n) is 17.3. The Labute approximate surface area is 176 Å². The molecule has 1 atom stereocenters. The fourth-order valence-electron chi connectivity index (χ4n) is 3.10. The van der Waals surface area contributed by atoms with Gasteiger partial charge in [-0.05, 0) is 50.1 Å². The van der Waals surface area contributed by atoms with Crippen molar-refractivity contribution in [2.75, 3.05) is 0 Å². The molecule has 0 saturated heterocycles. The first-order valence-electron chi connectivity index (χ1n) is 9.77. The smallest absolute Gasteiger partial charge is 0.344 e. The van der Waals surface area contributed by atoms with Crippen molar-refractivity contribution in [1.82, 2.24) is 4.57 Å². The molecule has 0 radical (unpaired) electrons. The van der Waals surface area contributed by atoms with Gasteiger partial charge in [0, 0.05) is 18.3 Å². The third kappa shape index (κ3) is 5.26. The first-order valence-corrected chi connectivity index (χ1v) is 9.77. The summed E-state index contributed by atoms with van der Waals surface area (Å²) in [5.74, 6) is -0.515. The van der Waals surface area contributed by atoms with Crippen molar-refractivity contribution in [3.8, 4) is 5.75 Å². The molecule has 0 aliphatic carbocycles. The van der Waals surface area contributed by atoms with E-state index in [-0.39, 0.29) is 5.78 Å². The number of benzene rings is 2. The van der Waals surface area contributed by atoms with Crippen molar-refractivity contribution in [3.05, 3.63) is 94.8 Å². The van der Waals surface area contributed by atoms with Crippen molar-refractivity contribution < 1.29 is 19.4 Å². The van der Waals surface area contributed by atoms with Gasteiger partial charge in [-0.3, -0.25) is 4.79 Å². The number of hydrogen-bond donors (Lipinski definition) is 1. The molecule has 0 saturated carbocycles. The van der Waals surface area contributed by atoms with Crippen LogP contribution in [0.4, 0.5) is 0 Å². The molecule has 0 aliphatic rings. The number of carboxylic acids is 1. The van der Waals surface area contributed by atoms with Gasteiger partial charge >= 0.3 is 5.97 Å². The highest BCUT2D eigenvalue weighted by Gasteiger charge is 2.14. The van der Waals surface area contributed by atoms with Crippen LogP contribution in [0.15, 0.2) is 66.9 Å². The van der Waals surface area contributed by atoms with Crippen LogP contribution < -0.4 is 4.74 Å². The Kier molecular flexibility index (Phi) is 6.52. The Morgan fingerprint density at radius 3 is 2.50 bits per heavy atom. The quantitative estimate of drug-likeness (QED) is 0.543. The van der Waals surface area contributed by atoms with Gasteiger partial charge in [-0.2, -0.15) is 0 Å². The molecule has 154 valence electrons. The molecule has 2 aromatic carbocycles. The Hall–Kier alpha value is -3.60. The number of carboxylic acid groups (broad SMARTS) is 1. The maximum absolute atomic E-state index is 12.9. The van der Waals surface area contributed by atoms with E-state index in [1.165, 1.54) is 6.92 Å². The molecule has 0 aliphatic heterocycles. The van der Waals surface area contributed by atoms with Gasteiger partial charge in [0.25, 0.3) is 0 Å². The predicted octanol–water partition coefficient (Wildman–Crippen LogP) is 4.90. The topological polar surface area (TPSA) is 68.5 Å². The molecule has 1 aromatic heterocycles. The lowest BCUT2D eigenvalue weighted by molar-refractivity contribution is -0.144. The van der Waals surface area contributed by atoms with E-state index in [9.17, 15) is 9.59 Å². The molecule has 3 aromatic rings. The van der Waals surface area contributed by atoms with Gasteiger partial charge in [-0.15, -0.1) is 0 Å². The summed E-state index contributed by atoms with van der Waals surface area (Å²) in [5, 5.41) is 8.98. The number of aromatic nitrogens is 1. The standard InChI is InChI=1S/C25H25NO4/c1-17-9-11-21(12-10-17)24(27)23-14-18(2)16-26(23)13-5-7-20-6-4-8-22(15-20)30-19(3)25(28)29/h4-12,14-16,19H,13H2,1-3H3,(H,28,29)/t19-/m0/s1. The van der Waals surface area contributed by atoms with Gasteiger partial charge in [0.15, 0.2) is 6.10 Å². The number of aryl methyl sites for hydroxylation is 2. The van der Waals surface area contributed by atoms with Gasteiger partial charge in [0.1, 0.15) is 5.75 Å². The van der Waals surface area contributed by atoms with Crippen molar-refractivity contribution >= 4 is 17.8 Å². The number of carbonyl (C=O) groups excluding carboxylic acids is 1. The Morgan fingerprint density at radius 1 is 1.07 bits per heavy atom. The lowest BCUT2D eigenvalue weighted by Gasteiger charge is -2.10. The fourth-order valence-corrected chi connectivity index (χ4v) is 3.10. The normalized spacial score (nSPS) is 12.1.